The zero-order valence-electron chi connectivity index (χ0n) is 20.3. The molecule has 0 aromatic heterocycles. The number of hydrogen-bond acceptors (Lipinski definition) is 5. The molecular weight excluding hydrogens is 458 g/mol. The molecule has 1 atom stereocenters. The van der Waals surface area contributed by atoms with Crippen LogP contribution in [0.5, 0.6) is 11.5 Å². The van der Waals surface area contributed by atoms with Gasteiger partial charge in [0, 0.05) is 30.9 Å². The van der Waals surface area contributed by atoms with Gasteiger partial charge in [-0.1, -0.05) is 24.3 Å². The molecular formula is C28H29N3O5. The monoisotopic (exact) mass is 487 g/mol. The van der Waals surface area contributed by atoms with Crippen LogP contribution in [-0.2, 0) is 20.9 Å². The van der Waals surface area contributed by atoms with Crippen LogP contribution in [0.15, 0.2) is 72.8 Å². The summed E-state index contributed by atoms with van der Waals surface area (Å²) in [7, 11) is 1.58. The van der Waals surface area contributed by atoms with Crippen LogP contribution in [0.3, 0.4) is 0 Å². The third-order valence-corrected chi connectivity index (χ3v) is 6.10. The minimum absolute atomic E-state index is 0.0985. The van der Waals surface area contributed by atoms with E-state index < -0.39 is 5.92 Å². The average molecular weight is 488 g/mol. The van der Waals surface area contributed by atoms with Gasteiger partial charge < -0.3 is 25.0 Å². The fraction of sp³-hybridized carbons (Fsp3) is 0.250. The number of rotatable bonds is 9. The van der Waals surface area contributed by atoms with Gasteiger partial charge in [0.05, 0.1) is 13.0 Å². The first-order chi connectivity index (χ1) is 17.4. The van der Waals surface area contributed by atoms with Crippen molar-refractivity contribution in [1.29, 1.82) is 0 Å². The van der Waals surface area contributed by atoms with E-state index in [4.69, 9.17) is 9.47 Å². The van der Waals surface area contributed by atoms with E-state index in [-0.39, 0.29) is 30.7 Å². The lowest BCUT2D eigenvalue weighted by molar-refractivity contribution is -0.126. The highest BCUT2D eigenvalue weighted by atomic mass is 16.5. The number of carbonyl (C=O) groups is 3. The van der Waals surface area contributed by atoms with E-state index in [1.807, 2.05) is 31.2 Å². The van der Waals surface area contributed by atoms with Crippen molar-refractivity contribution in [3.63, 3.8) is 0 Å². The molecule has 36 heavy (non-hydrogen) atoms. The first-order valence-corrected chi connectivity index (χ1v) is 11.7. The standard InChI is InChI=1S/C28H29N3O5/c1-19-5-3-4-6-20(19)16-29-28(34)21-15-27(33)31(17-21)23-9-13-25(14-10-23)36-18-26(32)30-22-7-11-24(35-2)12-8-22/h3-14,21H,15-18H2,1-2H3,(H,29,34)(H,30,32)/t21-/m1/s1. The summed E-state index contributed by atoms with van der Waals surface area (Å²) in [6, 6.07) is 21.8. The maximum atomic E-state index is 12.7. The lowest BCUT2D eigenvalue weighted by Gasteiger charge is -2.17. The molecule has 0 saturated carbocycles. The van der Waals surface area contributed by atoms with Crippen LogP contribution in [0.1, 0.15) is 17.5 Å². The molecule has 0 radical (unpaired) electrons. The molecule has 1 aliphatic heterocycles. The largest absolute Gasteiger partial charge is 0.497 e. The highest BCUT2D eigenvalue weighted by Crippen LogP contribution is 2.27. The van der Waals surface area contributed by atoms with E-state index in [0.717, 1.165) is 11.1 Å². The maximum Gasteiger partial charge on any atom is 0.262 e. The molecule has 1 fully saturated rings. The topological polar surface area (TPSA) is 97.0 Å². The van der Waals surface area contributed by atoms with Crippen LogP contribution in [0, 0.1) is 12.8 Å². The average Bonchev–Trinajstić information content (AvgIpc) is 3.29. The number of anilines is 2. The quantitative estimate of drug-likeness (QED) is 0.480. The van der Waals surface area contributed by atoms with Gasteiger partial charge in [-0.15, -0.1) is 0 Å². The molecule has 2 N–H and O–H groups in total. The number of amides is 3. The van der Waals surface area contributed by atoms with Crippen molar-refractivity contribution in [2.45, 2.75) is 19.9 Å². The van der Waals surface area contributed by atoms with Gasteiger partial charge in [-0.2, -0.15) is 0 Å². The molecule has 1 aliphatic rings. The number of benzene rings is 3. The van der Waals surface area contributed by atoms with Crippen LogP contribution < -0.4 is 25.0 Å². The van der Waals surface area contributed by atoms with Crippen molar-refractivity contribution in [3.05, 3.63) is 83.9 Å². The molecule has 0 bridgehead atoms. The lowest BCUT2D eigenvalue weighted by Crippen LogP contribution is -2.32. The van der Waals surface area contributed by atoms with Gasteiger partial charge >= 0.3 is 0 Å². The van der Waals surface area contributed by atoms with E-state index in [1.165, 1.54) is 0 Å². The molecule has 186 valence electrons. The fourth-order valence-electron chi connectivity index (χ4n) is 4.01. The van der Waals surface area contributed by atoms with Gasteiger partial charge in [-0.3, -0.25) is 14.4 Å². The van der Waals surface area contributed by atoms with Crippen molar-refractivity contribution in [3.8, 4) is 11.5 Å². The van der Waals surface area contributed by atoms with Gasteiger partial charge in [0.2, 0.25) is 11.8 Å². The molecule has 8 nitrogen and oxygen atoms in total. The van der Waals surface area contributed by atoms with Gasteiger partial charge in [0.25, 0.3) is 5.91 Å². The Balaban J connectivity index is 1.26. The summed E-state index contributed by atoms with van der Waals surface area (Å²) >= 11 is 0. The van der Waals surface area contributed by atoms with Crippen LogP contribution >= 0.6 is 0 Å². The zero-order valence-corrected chi connectivity index (χ0v) is 20.3. The molecule has 0 spiro atoms. The Bertz CT molecular complexity index is 1220. The van der Waals surface area contributed by atoms with Crippen molar-refractivity contribution < 1.29 is 23.9 Å². The van der Waals surface area contributed by atoms with E-state index in [0.29, 0.717) is 36.0 Å². The second-order valence-corrected chi connectivity index (χ2v) is 8.61. The van der Waals surface area contributed by atoms with E-state index in [2.05, 4.69) is 10.6 Å². The molecule has 3 aromatic rings. The van der Waals surface area contributed by atoms with Crippen molar-refractivity contribution in [2.24, 2.45) is 5.92 Å². The third-order valence-electron chi connectivity index (χ3n) is 6.10. The molecule has 1 heterocycles. The summed E-state index contributed by atoms with van der Waals surface area (Å²) < 4.78 is 10.7. The zero-order chi connectivity index (χ0) is 25.5. The van der Waals surface area contributed by atoms with Crippen LogP contribution in [0.25, 0.3) is 0 Å². The molecule has 0 unspecified atom stereocenters. The minimum Gasteiger partial charge on any atom is -0.497 e. The smallest absolute Gasteiger partial charge is 0.262 e. The molecule has 3 aromatic carbocycles. The number of aryl methyl sites for hydroxylation is 1. The van der Waals surface area contributed by atoms with Crippen molar-refractivity contribution in [2.75, 3.05) is 30.5 Å². The maximum absolute atomic E-state index is 12.7. The number of nitrogens with zero attached hydrogens (tertiary/aromatic N) is 1. The number of nitrogens with one attached hydrogen (secondary N) is 2. The summed E-state index contributed by atoms with van der Waals surface area (Å²) in [5.41, 5.74) is 3.50. The Kier molecular flexibility index (Phi) is 7.85. The second-order valence-electron chi connectivity index (χ2n) is 8.61. The van der Waals surface area contributed by atoms with Gasteiger partial charge in [-0.25, -0.2) is 0 Å². The highest BCUT2D eigenvalue weighted by molar-refractivity contribution is 6.00. The fourth-order valence-corrected chi connectivity index (χ4v) is 4.01. The van der Waals surface area contributed by atoms with Crippen LogP contribution in [0.2, 0.25) is 0 Å². The highest BCUT2D eigenvalue weighted by Gasteiger charge is 2.35. The van der Waals surface area contributed by atoms with E-state index in [9.17, 15) is 14.4 Å². The normalized spacial score (nSPS) is 14.9. The van der Waals surface area contributed by atoms with Crippen molar-refractivity contribution >= 4 is 29.1 Å². The number of methoxy groups -OCH3 is 1. The number of carbonyl (C=O) groups excluding carboxylic acids is 3. The summed E-state index contributed by atoms with van der Waals surface area (Å²) in [6.45, 7) is 2.61. The third kappa shape index (κ3) is 6.21. The Morgan fingerprint density at radius 2 is 1.67 bits per heavy atom. The summed E-state index contributed by atoms with van der Waals surface area (Å²) in [5.74, 6) is 0.283. The van der Waals surface area contributed by atoms with E-state index in [1.54, 1.807) is 60.5 Å². The molecule has 4 rings (SSSR count). The summed E-state index contributed by atoms with van der Waals surface area (Å²) in [6.07, 6.45) is 0.170. The number of ether oxygens (including phenoxy) is 2. The number of hydrogen-bond donors (Lipinski definition) is 2. The van der Waals surface area contributed by atoms with Crippen LogP contribution in [-0.4, -0.2) is 38.0 Å². The van der Waals surface area contributed by atoms with Gasteiger partial charge in [-0.05, 0) is 66.6 Å². The molecule has 1 saturated heterocycles. The molecule has 0 aliphatic carbocycles. The van der Waals surface area contributed by atoms with Gasteiger partial charge in [0.1, 0.15) is 11.5 Å². The Morgan fingerprint density at radius 3 is 2.36 bits per heavy atom. The predicted molar refractivity (Wildman–Crippen MR) is 137 cm³/mol. The lowest BCUT2D eigenvalue weighted by atomic mass is 10.1. The Morgan fingerprint density at radius 1 is 0.972 bits per heavy atom. The first-order valence-electron chi connectivity index (χ1n) is 11.7. The summed E-state index contributed by atoms with van der Waals surface area (Å²) in [4.78, 5) is 39.0. The predicted octanol–water partition coefficient (Wildman–Crippen LogP) is 3.69. The first kappa shape index (κ1) is 24.8. The van der Waals surface area contributed by atoms with Gasteiger partial charge in [0.15, 0.2) is 6.61 Å². The SMILES string of the molecule is COc1ccc(NC(=O)COc2ccc(N3C[C@H](C(=O)NCc4ccccc4C)CC3=O)cc2)cc1. The van der Waals surface area contributed by atoms with E-state index >= 15 is 0 Å². The molecule has 3 amide bonds. The van der Waals surface area contributed by atoms with Crippen molar-refractivity contribution in [1.82, 2.24) is 5.32 Å². The summed E-state index contributed by atoms with van der Waals surface area (Å²) in [5, 5.41) is 5.71. The Hall–Kier alpha value is -4.33. The Labute approximate surface area is 210 Å². The minimum atomic E-state index is -0.404. The van der Waals surface area contributed by atoms with Crippen LogP contribution in [0.4, 0.5) is 11.4 Å². The second kappa shape index (κ2) is 11.4. The molecule has 8 heteroatoms.